The first-order valence-corrected chi connectivity index (χ1v) is 8.78. The second-order valence-electron chi connectivity index (χ2n) is 6.46. The number of nitrogens with one attached hydrogen (secondary N) is 2. The molecule has 0 aliphatic heterocycles. The molecule has 0 spiro atoms. The highest BCUT2D eigenvalue weighted by molar-refractivity contribution is 6.05. The predicted molar refractivity (Wildman–Crippen MR) is 102 cm³/mol. The molecular weight excluding hydrogens is 346 g/mol. The number of nitrogens with zero attached hydrogens (tertiary/aromatic N) is 3. The maximum absolute atomic E-state index is 12.8. The minimum absolute atomic E-state index is 0.0245. The Hall–Kier alpha value is -3.29. The molecule has 8 heteroatoms. The number of hydrogen-bond acceptors (Lipinski definition) is 5. The monoisotopic (exact) mass is 367 g/mol. The first-order chi connectivity index (χ1) is 12.9. The van der Waals surface area contributed by atoms with Crippen molar-refractivity contribution in [3.8, 4) is 0 Å². The van der Waals surface area contributed by atoms with E-state index in [-0.39, 0.29) is 29.1 Å². The Labute approximate surface area is 155 Å². The Morgan fingerprint density at radius 3 is 2.70 bits per heavy atom. The zero-order valence-electron chi connectivity index (χ0n) is 15.4. The van der Waals surface area contributed by atoms with Crippen LogP contribution in [0.15, 0.2) is 40.1 Å². The molecular formula is C19H21N5O3. The molecule has 0 saturated heterocycles. The van der Waals surface area contributed by atoms with Crippen LogP contribution in [0, 0.1) is 0 Å². The molecule has 3 aromatic rings. The van der Waals surface area contributed by atoms with E-state index in [4.69, 9.17) is 0 Å². The normalized spacial score (nSPS) is 11.1. The molecule has 8 nitrogen and oxygen atoms in total. The van der Waals surface area contributed by atoms with Gasteiger partial charge in [-0.2, -0.15) is 0 Å². The van der Waals surface area contributed by atoms with Crippen LogP contribution in [0.4, 0.5) is 0 Å². The van der Waals surface area contributed by atoms with E-state index in [0.29, 0.717) is 17.9 Å². The van der Waals surface area contributed by atoms with Crippen molar-refractivity contribution < 1.29 is 4.79 Å². The van der Waals surface area contributed by atoms with Crippen LogP contribution in [-0.4, -0.2) is 25.4 Å². The average Bonchev–Trinajstić information content (AvgIpc) is 2.66. The van der Waals surface area contributed by atoms with Crippen molar-refractivity contribution >= 4 is 16.9 Å². The zero-order valence-corrected chi connectivity index (χ0v) is 15.4. The molecule has 0 aliphatic carbocycles. The first kappa shape index (κ1) is 18.5. The van der Waals surface area contributed by atoms with Crippen LogP contribution in [0.3, 0.4) is 0 Å². The quantitative estimate of drug-likeness (QED) is 0.711. The van der Waals surface area contributed by atoms with Gasteiger partial charge in [-0.3, -0.25) is 24.1 Å². The summed E-state index contributed by atoms with van der Waals surface area (Å²) in [7, 11) is 0. The highest BCUT2D eigenvalue weighted by Gasteiger charge is 2.20. The van der Waals surface area contributed by atoms with Gasteiger partial charge < -0.3 is 5.32 Å². The molecule has 0 bridgehead atoms. The molecule has 2 N–H and O–H groups in total. The largest absolute Gasteiger partial charge is 0.346 e. The summed E-state index contributed by atoms with van der Waals surface area (Å²) >= 11 is 0. The summed E-state index contributed by atoms with van der Waals surface area (Å²) in [6, 6.07) is 7.03. The average molecular weight is 367 g/mol. The third-order valence-corrected chi connectivity index (χ3v) is 4.28. The van der Waals surface area contributed by atoms with E-state index in [2.05, 4.69) is 20.3 Å². The van der Waals surface area contributed by atoms with Crippen LogP contribution < -0.4 is 16.6 Å². The summed E-state index contributed by atoms with van der Waals surface area (Å²) in [5, 5.41) is 2.89. The fourth-order valence-corrected chi connectivity index (χ4v) is 2.83. The van der Waals surface area contributed by atoms with Gasteiger partial charge in [0.25, 0.3) is 11.5 Å². The van der Waals surface area contributed by atoms with Gasteiger partial charge in [0.1, 0.15) is 0 Å². The van der Waals surface area contributed by atoms with E-state index < -0.39 is 17.2 Å². The number of amides is 1. The number of aromatic nitrogens is 4. The van der Waals surface area contributed by atoms with Crippen LogP contribution in [-0.2, 0) is 13.1 Å². The Bertz CT molecular complexity index is 1100. The van der Waals surface area contributed by atoms with E-state index in [1.54, 1.807) is 31.3 Å². The standard InChI is InChI=1S/C19H21N5O3/c1-4-24-16-15(18(26)23-19(24)27)13(9-14(22-16)11(2)3)17(25)21-10-12-7-5-6-8-20-12/h5-9,11H,4,10H2,1-3H3,(H,21,25)(H,23,26,27). The Morgan fingerprint density at radius 2 is 2.07 bits per heavy atom. The van der Waals surface area contributed by atoms with Crippen molar-refractivity contribution in [3.63, 3.8) is 0 Å². The Kier molecular flexibility index (Phi) is 5.16. The van der Waals surface area contributed by atoms with Crippen molar-refractivity contribution in [1.82, 2.24) is 24.8 Å². The van der Waals surface area contributed by atoms with Crippen LogP contribution >= 0.6 is 0 Å². The number of fused-ring (bicyclic) bond motifs is 1. The second-order valence-corrected chi connectivity index (χ2v) is 6.46. The minimum Gasteiger partial charge on any atom is -0.346 e. The second kappa shape index (κ2) is 7.53. The maximum Gasteiger partial charge on any atom is 0.329 e. The molecule has 3 aromatic heterocycles. The van der Waals surface area contributed by atoms with Crippen LogP contribution in [0.1, 0.15) is 48.4 Å². The van der Waals surface area contributed by atoms with Gasteiger partial charge in [0, 0.05) is 18.4 Å². The van der Waals surface area contributed by atoms with Crippen molar-refractivity contribution in [3.05, 3.63) is 68.3 Å². The molecule has 140 valence electrons. The summed E-state index contributed by atoms with van der Waals surface area (Å²) in [4.78, 5) is 48.3. The molecule has 0 fully saturated rings. The fraction of sp³-hybridized carbons (Fsp3) is 0.316. The van der Waals surface area contributed by atoms with Gasteiger partial charge in [-0.25, -0.2) is 9.78 Å². The number of pyridine rings is 2. The number of carbonyl (C=O) groups is 1. The highest BCUT2D eigenvalue weighted by atomic mass is 16.2. The summed E-state index contributed by atoms with van der Waals surface area (Å²) in [5.41, 5.74) is 0.600. The predicted octanol–water partition coefficient (Wildman–Crippen LogP) is 1.55. The first-order valence-electron chi connectivity index (χ1n) is 8.78. The van der Waals surface area contributed by atoms with Crippen molar-refractivity contribution in [2.24, 2.45) is 0 Å². The maximum atomic E-state index is 12.8. The van der Waals surface area contributed by atoms with E-state index >= 15 is 0 Å². The number of rotatable bonds is 5. The highest BCUT2D eigenvalue weighted by Crippen LogP contribution is 2.19. The smallest absolute Gasteiger partial charge is 0.329 e. The third-order valence-electron chi connectivity index (χ3n) is 4.28. The van der Waals surface area contributed by atoms with Crippen LogP contribution in [0.5, 0.6) is 0 Å². The summed E-state index contributed by atoms with van der Waals surface area (Å²) in [5.74, 6) is -0.391. The van der Waals surface area contributed by atoms with Gasteiger partial charge in [-0.1, -0.05) is 19.9 Å². The molecule has 3 heterocycles. The summed E-state index contributed by atoms with van der Waals surface area (Å²) in [6.45, 7) is 6.21. The number of H-pyrrole nitrogens is 1. The van der Waals surface area contributed by atoms with Gasteiger partial charge in [0.15, 0.2) is 5.65 Å². The Balaban J connectivity index is 2.14. The molecule has 0 saturated carbocycles. The number of hydrogen-bond donors (Lipinski definition) is 2. The lowest BCUT2D eigenvalue weighted by Gasteiger charge is -2.14. The third kappa shape index (κ3) is 3.64. The molecule has 0 radical (unpaired) electrons. The molecule has 3 rings (SSSR count). The van der Waals surface area contributed by atoms with Crippen molar-refractivity contribution in [1.29, 1.82) is 0 Å². The Morgan fingerprint density at radius 1 is 1.30 bits per heavy atom. The fourth-order valence-electron chi connectivity index (χ4n) is 2.83. The van der Waals surface area contributed by atoms with Crippen molar-refractivity contribution in [2.75, 3.05) is 0 Å². The van der Waals surface area contributed by atoms with Crippen LogP contribution in [0.2, 0.25) is 0 Å². The summed E-state index contributed by atoms with van der Waals surface area (Å²) in [6.07, 6.45) is 1.64. The van der Waals surface area contributed by atoms with Gasteiger partial charge in [-0.15, -0.1) is 0 Å². The van der Waals surface area contributed by atoms with Gasteiger partial charge in [0.05, 0.1) is 23.2 Å². The zero-order chi connectivity index (χ0) is 19.6. The topological polar surface area (TPSA) is 110 Å². The van der Waals surface area contributed by atoms with Gasteiger partial charge >= 0.3 is 5.69 Å². The van der Waals surface area contributed by atoms with E-state index in [1.165, 1.54) is 4.57 Å². The lowest BCUT2D eigenvalue weighted by Crippen LogP contribution is -2.33. The summed E-state index contributed by atoms with van der Waals surface area (Å²) < 4.78 is 1.36. The molecule has 1 amide bonds. The lowest BCUT2D eigenvalue weighted by atomic mass is 10.0. The van der Waals surface area contributed by atoms with Gasteiger partial charge in [0.2, 0.25) is 0 Å². The number of aryl methyl sites for hydroxylation is 1. The molecule has 0 aliphatic rings. The number of carbonyl (C=O) groups excluding carboxylic acids is 1. The molecule has 0 unspecified atom stereocenters. The van der Waals surface area contributed by atoms with Gasteiger partial charge in [-0.05, 0) is 31.0 Å². The lowest BCUT2D eigenvalue weighted by molar-refractivity contribution is 0.0951. The van der Waals surface area contributed by atoms with Crippen molar-refractivity contribution in [2.45, 2.75) is 39.8 Å². The van der Waals surface area contributed by atoms with E-state index in [1.807, 2.05) is 19.9 Å². The van der Waals surface area contributed by atoms with Crippen LogP contribution in [0.25, 0.3) is 11.0 Å². The van der Waals surface area contributed by atoms with E-state index in [9.17, 15) is 14.4 Å². The molecule has 0 aromatic carbocycles. The molecule has 0 atom stereocenters. The SMILES string of the molecule is CCn1c(=O)[nH]c(=O)c2c(C(=O)NCc3ccccn3)cc(C(C)C)nc21. The number of aromatic amines is 1. The minimum atomic E-state index is -0.620. The van der Waals surface area contributed by atoms with E-state index in [0.717, 1.165) is 0 Å². The molecule has 27 heavy (non-hydrogen) atoms.